The molecule has 0 atom stereocenters. The molecule has 0 heterocycles. The van der Waals surface area contributed by atoms with Gasteiger partial charge in [-0.1, -0.05) is 28.8 Å². The average Bonchev–Trinajstić information content (AvgIpc) is 2.65. The van der Waals surface area contributed by atoms with Crippen LogP contribution in [0.1, 0.15) is 39.5 Å². The van der Waals surface area contributed by atoms with Gasteiger partial charge in [0.05, 0.1) is 0 Å². The number of rotatable bonds is 5. The smallest absolute Gasteiger partial charge is 0.195 e. The first-order valence-electron chi connectivity index (χ1n) is 5.66. The van der Waals surface area contributed by atoms with Crippen molar-refractivity contribution in [3.63, 3.8) is 0 Å². The molecule has 0 aromatic rings. The van der Waals surface area contributed by atoms with Gasteiger partial charge in [0.2, 0.25) is 0 Å². The van der Waals surface area contributed by atoms with E-state index >= 15 is 0 Å². The maximum atomic E-state index is 12.1. The van der Waals surface area contributed by atoms with Gasteiger partial charge in [-0.05, 0) is 26.7 Å². The van der Waals surface area contributed by atoms with Crippen molar-refractivity contribution >= 4 is 26.1 Å². The number of halogens is 1. The van der Waals surface area contributed by atoms with E-state index in [2.05, 4.69) is 20.7 Å². The van der Waals surface area contributed by atoms with Crippen molar-refractivity contribution in [3.8, 4) is 0 Å². The third-order valence-electron chi connectivity index (χ3n) is 3.27. The summed E-state index contributed by atoms with van der Waals surface area (Å²) < 4.78 is 28.4. The van der Waals surface area contributed by atoms with Gasteiger partial charge in [0.15, 0.2) is 0 Å². The second kappa shape index (κ2) is 5.33. The lowest BCUT2D eigenvalue weighted by atomic mass is 10.0. The number of alkyl halides is 1. The summed E-state index contributed by atoms with van der Waals surface area (Å²) in [5.74, 6) is 0. The van der Waals surface area contributed by atoms with Crippen LogP contribution in [-0.4, -0.2) is 36.7 Å². The molecule has 6 heteroatoms. The molecule has 1 aliphatic carbocycles. The predicted octanol–water partition coefficient (Wildman–Crippen LogP) is 1.87. The van der Waals surface area contributed by atoms with Crippen LogP contribution >= 0.6 is 15.9 Å². The van der Waals surface area contributed by atoms with Crippen LogP contribution in [0.15, 0.2) is 0 Å². The molecule has 4 nitrogen and oxygen atoms in total. The van der Waals surface area contributed by atoms with Crippen LogP contribution in [0.4, 0.5) is 0 Å². The fraction of sp³-hybridized carbons (Fsp3) is 1.00. The van der Waals surface area contributed by atoms with Gasteiger partial charge in [-0.3, -0.25) is 0 Å². The number of nitrogens with zero attached hydrogens (tertiary/aromatic N) is 1. The van der Waals surface area contributed by atoms with E-state index in [1.54, 1.807) is 7.05 Å². The molecule has 0 amide bonds. The lowest BCUT2D eigenvalue weighted by Crippen LogP contribution is -2.53. The molecule has 0 unspecified atom stereocenters. The van der Waals surface area contributed by atoms with Crippen LogP contribution in [0, 0.1) is 0 Å². The lowest BCUT2D eigenvalue weighted by Gasteiger charge is -2.31. The van der Waals surface area contributed by atoms with E-state index in [-0.39, 0.29) is 11.6 Å². The minimum absolute atomic E-state index is 0.0220. The third kappa shape index (κ3) is 3.18. The summed E-state index contributed by atoms with van der Waals surface area (Å²) in [5, 5.41) is 0.686. The highest BCUT2D eigenvalue weighted by Crippen LogP contribution is 2.32. The summed E-state index contributed by atoms with van der Waals surface area (Å²) in [6.07, 6.45) is 4.03. The highest BCUT2D eigenvalue weighted by Gasteiger charge is 2.38. The Hall–Kier alpha value is 0.350. The summed E-state index contributed by atoms with van der Waals surface area (Å²) >= 11 is 3.43. The predicted molar refractivity (Wildman–Crippen MR) is 69.9 cm³/mol. The van der Waals surface area contributed by atoms with Crippen molar-refractivity contribution < 1.29 is 8.42 Å². The van der Waals surface area contributed by atoms with E-state index < -0.39 is 10.2 Å². The maximum absolute atomic E-state index is 12.1. The van der Waals surface area contributed by atoms with Crippen molar-refractivity contribution in [1.29, 1.82) is 0 Å². The molecule has 1 aliphatic rings. The molecular formula is C10H21BrN2O2S. The third-order valence-corrected chi connectivity index (χ3v) is 6.21. The average molecular weight is 313 g/mol. The standard InChI is InChI=1S/C10H21BrN2O2S/c1-9(2)13(3)16(14,15)12-10(8-11)6-4-5-7-10/h9,12H,4-8H2,1-3H3. The molecule has 1 fully saturated rings. The first kappa shape index (κ1) is 14.4. The van der Waals surface area contributed by atoms with E-state index in [4.69, 9.17) is 0 Å². The van der Waals surface area contributed by atoms with Crippen molar-refractivity contribution in [2.45, 2.75) is 51.1 Å². The Labute approximate surface area is 107 Å². The van der Waals surface area contributed by atoms with Crippen LogP contribution < -0.4 is 4.72 Å². The van der Waals surface area contributed by atoms with Gasteiger partial charge in [-0.25, -0.2) is 0 Å². The van der Waals surface area contributed by atoms with Gasteiger partial charge in [0, 0.05) is 24.0 Å². The van der Waals surface area contributed by atoms with E-state index in [0.717, 1.165) is 25.7 Å². The Balaban J connectivity index is 2.78. The fourth-order valence-corrected chi connectivity index (χ4v) is 4.35. The Morgan fingerprint density at radius 3 is 2.25 bits per heavy atom. The Morgan fingerprint density at radius 2 is 1.88 bits per heavy atom. The molecule has 0 saturated heterocycles. The van der Waals surface area contributed by atoms with Gasteiger partial charge in [-0.2, -0.15) is 17.4 Å². The van der Waals surface area contributed by atoms with Gasteiger partial charge in [0.1, 0.15) is 0 Å². The highest BCUT2D eigenvalue weighted by atomic mass is 79.9. The molecule has 1 saturated carbocycles. The first-order chi connectivity index (χ1) is 7.33. The molecule has 0 bridgehead atoms. The SMILES string of the molecule is CC(C)N(C)S(=O)(=O)NC1(CBr)CCCC1. The Kier molecular flexibility index (Phi) is 4.80. The molecule has 0 aromatic carbocycles. The Morgan fingerprint density at radius 1 is 1.38 bits per heavy atom. The first-order valence-corrected chi connectivity index (χ1v) is 8.22. The van der Waals surface area contributed by atoms with E-state index in [1.165, 1.54) is 4.31 Å². The highest BCUT2D eigenvalue weighted by molar-refractivity contribution is 9.09. The lowest BCUT2D eigenvalue weighted by molar-refractivity contribution is 0.370. The fourth-order valence-electron chi connectivity index (χ4n) is 1.94. The summed E-state index contributed by atoms with van der Waals surface area (Å²) in [4.78, 5) is 0. The van der Waals surface area contributed by atoms with Crippen molar-refractivity contribution in [3.05, 3.63) is 0 Å². The van der Waals surface area contributed by atoms with Crippen molar-refractivity contribution in [2.75, 3.05) is 12.4 Å². The van der Waals surface area contributed by atoms with Gasteiger partial charge in [0.25, 0.3) is 10.2 Å². The molecule has 0 aromatic heterocycles. The summed E-state index contributed by atoms with van der Waals surface area (Å²) in [6.45, 7) is 3.74. The van der Waals surface area contributed by atoms with Crippen molar-refractivity contribution in [2.24, 2.45) is 0 Å². The summed E-state index contributed by atoms with van der Waals surface area (Å²) in [5.41, 5.74) is -0.276. The topological polar surface area (TPSA) is 49.4 Å². The number of nitrogens with one attached hydrogen (secondary N) is 1. The van der Waals surface area contributed by atoms with E-state index in [9.17, 15) is 8.42 Å². The van der Waals surface area contributed by atoms with Crippen LogP contribution in [0.3, 0.4) is 0 Å². The maximum Gasteiger partial charge on any atom is 0.279 e. The zero-order chi connectivity index (χ0) is 12.4. The second-order valence-electron chi connectivity index (χ2n) is 4.84. The number of hydrogen-bond acceptors (Lipinski definition) is 2. The molecule has 1 N–H and O–H groups in total. The summed E-state index contributed by atoms with van der Waals surface area (Å²) in [6, 6.07) is -0.0220. The molecule has 16 heavy (non-hydrogen) atoms. The van der Waals surface area contributed by atoms with Gasteiger partial charge < -0.3 is 0 Å². The van der Waals surface area contributed by atoms with Crippen LogP contribution in [0.2, 0.25) is 0 Å². The number of hydrogen-bond donors (Lipinski definition) is 1. The normalized spacial score (nSPS) is 20.9. The monoisotopic (exact) mass is 312 g/mol. The largest absolute Gasteiger partial charge is 0.279 e. The van der Waals surface area contributed by atoms with Crippen LogP contribution in [0.5, 0.6) is 0 Å². The minimum Gasteiger partial charge on any atom is -0.195 e. The zero-order valence-corrected chi connectivity index (χ0v) is 12.6. The molecular weight excluding hydrogens is 292 g/mol. The zero-order valence-electron chi connectivity index (χ0n) is 10.2. The quantitative estimate of drug-likeness (QED) is 0.788. The Bertz CT molecular complexity index is 324. The van der Waals surface area contributed by atoms with E-state index in [0.29, 0.717) is 5.33 Å². The second-order valence-corrected chi connectivity index (χ2v) is 7.13. The van der Waals surface area contributed by atoms with Crippen LogP contribution in [-0.2, 0) is 10.2 Å². The van der Waals surface area contributed by atoms with Crippen LogP contribution in [0.25, 0.3) is 0 Å². The van der Waals surface area contributed by atoms with E-state index in [1.807, 2.05) is 13.8 Å². The van der Waals surface area contributed by atoms with Crippen molar-refractivity contribution in [1.82, 2.24) is 9.03 Å². The molecule has 0 radical (unpaired) electrons. The van der Waals surface area contributed by atoms with Gasteiger partial charge >= 0.3 is 0 Å². The summed E-state index contributed by atoms with van der Waals surface area (Å²) in [7, 11) is -1.75. The molecule has 0 aliphatic heterocycles. The minimum atomic E-state index is -3.36. The van der Waals surface area contributed by atoms with Gasteiger partial charge in [-0.15, -0.1) is 0 Å². The molecule has 96 valence electrons. The molecule has 0 spiro atoms. The molecule has 1 rings (SSSR count).